The number of alkyl halides is 3. The van der Waals surface area contributed by atoms with Gasteiger partial charge in [0, 0.05) is 6.61 Å². The third-order valence-electron chi connectivity index (χ3n) is 6.33. The first-order valence-corrected chi connectivity index (χ1v) is 10.4. The Morgan fingerprint density at radius 2 is 1.62 bits per heavy atom. The largest absolute Gasteiger partial charge is 0.416 e. The van der Waals surface area contributed by atoms with Crippen LogP contribution in [0.15, 0.2) is 36.2 Å². The summed E-state index contributed by atoms with van der Waals surface area (Å²) in [6, 6.07) is 7.12. The Morgan fingerprint density at radius 1 is 1.00 bits per heavy atom. The van der Waals surface area contributed by atoms with Gasteiger partial charge in [-0.25, -0.2) is 0 Å². The van der Waals surface area contributed by atoms with Gasteiger partial charge in [0.1, 0.15) is 6.07 Å². The molecular weight excluding hydrogens is 382 g/mol. The molecule has 3 rings (SSSR count). The zero-order valence-electron chi connectivity index (χ0n) is 16.4. The first kappa shape index (κ1) is 21.8. The molecular formula is C23H27F4NO. The number of hydrogen-bond acceptors (Lipinski definition) is 2. The number of hydrogen-bond donors (Lipinski definition) is 0. The maximum Gasteiger partial charge on any atom is 0.416 e. The topological polar surface area (TPSA) is 33.0 Å². The van der Waals surface area contributed by atoms with Gasteiger partial charge in [-0.15, -0.1) is 0 Å². The maximum absolute atomic E-state index is 13.0. The van der Waals surface area contributed by atoms with Gasteiger partial charge in [-0.05, 0) is 92.9 Å². The van der Waals surface area contributed by atoms with Crippen molar-refractivity contribution in [3.63, 3.8) is 0 Å². The molecule has 0 aromatic heterocycles. The van der Waals surface area contributed by atoms with Gasteiger partial charge in [-0.2, -0.15) is 22.8 Å². The van der Waals surface area contributed by atoms with Crippen LogP contribution in [-0.2, 0) is 10.9 Å². The van der Waals surface area contributed by atoms with E-state index in [1.54, 1.807) is 12.1 Å². The smallest absolute Gasteiger partial charge is 0.378 e. The van der Waals surface area contributed by atoms with Crippen molar-refractivity contribution in [3.8, 4) is 6.07 Å². The van der Waals surface area contributed by atoms with Crippen LogP contribution in [0, 0.1) is 23.2 Å². The predicted octanol–water partition coefficient (Wildman–Crippen LogP) is 6.93. The third kappa shape index (κ3) is 6.30. The van der Waals surface area contributed by atoms with E-state index in [0.29, 0.717) is 11.8 Å². The van der Waals surface area contributed by atoms with Gasteiger partial charge in [0.25, 0.3) is 0 Å². The molecule has 0 atom stereocenters. The van der Waals surface area contributed by atoms with Gasteiger partial charge in [0.05, 0.1) is 11.7 Å². The molecule has 2 nitrogen and oxygen atoms in total. The summed E-state index contributed by atoms with van der Waals surface area (Å²) in [4.78, 5) is 0. The highest BCUT2D eigenvalue weighted by molar-refractivity contribution is 5.27. The van der Waals surface area contributed by atoms with E-state index < -0.39 is 17.6 Å². The van der Waals surface area contributed by atoms with Crippen LogP contribution in [0.4, 0.5) is 17.6 Å². The molecule has 0 radical (unpaired) electrons. The highest BCUT2D eigenvalue weighted by Gasteiger charge is 2.31. The fraction of sp³-hybridized carbons (Fsp3) is 0.609. The lowest BCUT2D eigenvalue weighted by molar-refractivity contribution is -0.137. The minimum absolute atomic E-state index is 0.133. The van der Waals surface area contributed by atoms with E-state index in [0.717, 1.165) is 63.5 Å². The minimum Gasteiger partial charge on any atom is -0.378 e. The van der Waals surface area contributed by atoms with Crippen molar-refractivity contribution in [1.82, 2.24) is 0 Å². The summed E-state index contributed by atoms with van der Waals surface area (Å²) < 4.78 is 57.2. The molecule has 0 heterocycles. The monoisotopic (exact) mass is 409 g/mol. The van der Waals surface area contributed by atoms with Crippen molar-refractivity contribution in [3.05, 3.63) is 47.3 Å². The van der Waals surface area contributed by atoms with Gasteiger partial charge in [-0.1, -0.05) is 12.1 Å². The Hall–Kier alpha value is -1.87. The number of nitrogens with zero attached hydrogens (tertiary/aromatic N) is 1. The molecule has 1 aromatic carbocycles. The summed E-state index contributed by atoms with van der Waals surface area (Å²) in [6.07, 6.45) is 4.83. The molecule has 0 bridgehead atoms. The molecule has 158 valence electrons. The minimum atomic E-state index is -4.28. The highest BCUT2D eigenvalue weighted by Crippen LogP contribution is 2.38. The standard InChI is InChI=1S/C23H27F4NO/c24-21(14-28)13-16-3-11-22(12-4-16)29-15-17-1-5-18(6-2-17)19-7-9-20(10-8-19)23(25,26)27/h7-10,13,16-18,22H,1-6,11-12,15H2/b21-13-/t16-,17-,18-,22-. The lowest BCUT2D eigenvalue weighted by Crippen LogP contribution is -2.25. The van der Waals surface area contributed by atoms with Gasteiger partial charge in [0.15, 0.2) is 5.83 Å². The molecule has 0 saturated heterocycles. The number of allylic oxidation sites excluding steroid dienone is 2. The van der Waals surface area contributed by atoms with Crippen molar-refractivity contribution in [1.29, 1.82) is 5.26 Å². The van der Waals surface area contributed by atoms with E-state index in [1.165, 1.54) is 24.3 Å². The van der Waals surface area contributed by atoms with E-state index in [-0.39, 0.29) is 12.0 Å². The van der Waals surface area contributed by atoms with Crippen LogP contribution in [0.2, 0.25) is 0 Å². The van der Waals surface area contributed by atoms with Crippen LogP contribution in [0.3, 0.4) is 0 Å². The summed E-state index contributed by atoms with van der Waals surface area (Å²) in [5.41, 5.74) is 0.400. The van der Waals surface area contributed by atoms with E-state index in [4.69, 9.17) is 10.00 Å². The van der Waals surface area contributed by atoms with E-state index in [1.807, 2.05) is 0 Å². The Labute approximate surface area is 169 Å². The van der Waals surface area contributed by atoms with Gasteiger partial charge >= 0.3 is 6.18 Å². The molecule has 0 unspecified atom stereocenters. The van der Waals surface area contributed by atoms with Crippen molar-refractivity contribution in [2.24, 2.45) is 11.8 Å². The highest BCUT2D eigenvalue weighted by atomic mass is 19.4. The molecule has 0 N–H and O–H groups in total. The summed E-state index contributed by atoms with van der Waals surface area (Å²) in [5, 5.41) is 8.52. The zero-order valence-corrected chi connectivity index (χ0v) is 16.4. The average Bonchev–Trinajstić information content (AvgIpc) is 2.73. The summed E-state index contributed by atoms with van der Waals surface area (Å²) in [5.74, 6) is 0.257. The molecule has 0 amide bonds. The van der Waals surface area contributed by atoms with Gasteiger partial charge in [0.2, 0.25) is 0 Å². The second kappa shape index (κ2) is 9.75. The van der Waals surface area contributed by atoms with Crippen molar-refractivity contribution < 1.29 is 22.3 Å². The normalized spacial score (nSPS) is 28.7. The number of nitriles is 1. The van der Waals surface area contributed by atoms with Crippen LogP contribution < -0.4 is 0 Å². The van der Waals surface area contributed by atoms with Crippen molar-refractivity contribution >= 4 is 0 Å². The van der Waals surface area contributed by atoms with Crippen LogP contribution in [0.5, 0.6) is 0 Å². The molecule has 0 aliphatic heterocycles. The molecule has 29 heavy (non-hydrogen) atoms. The predicted molar refractivity (Wildman–Crippen MR) is 103 cm³/mol. The Balaban J connectivity index is 1.38. The van der Waals surface area contributed by atoms with Gasteiger partial charge < -0.3 is 4.74 Å². The second-order valence-corrected chi connectivity index (χ2v) is 8.33. The zero-order chi connectivity index (χ0) is 20.9. The number of halogens is 4. The van der Waals surface area contributed by atoms with Crippen LogP contribution in [0.25, 0.3) is 0 Å². The number of ether oxygens (including phenoxy) is 1. The average molecular weight is 409 g/mol. The van der Waals surface area contributed by atoms with Crippen molar-refractivity contribution in [2.75, 3.05) is 6.61 Å². The number of rotatable bonds is 5. The molecule has 2 aliphatic carbocycles. The van der Waals surface area contributed by atoms with E-state index >= 15 is 0 Å². The van der Waals surface area contributed by atoms with E-state index in [9.17, 15) is 17.6 Å². The fourth-order valence-corrected chi connectivity index (χ4v) is 4.55. The Kier molecular flexibility index (Phi) is 7.34. The quantitative estimate of drug-likeness (QED) is 0.390. The fourth-order valence-electron chi connectivity index (χ4n) is 4.55. The number of benzene rings is 1. The van der Waals surface area contributed by atoms with Crippen LogP contribution in [-0.4, -0.2) is 12.7 Å². The lowest BCUT2D eigenvalue weighted by Gasteiger charge is -2.32. The van der Waals surface area contributed by atoms with E-state index in [2.05, 4.69) is 0 Å². The molecule has 2 saturated carbocycles. The van der Waals surface area contributed by atoms with Crippen LogP contribution in [0.1, 0.15) is 68.4 Å². The third-order valence-corrected chi connectivity index (χ3v) is 6.33. The Bertz CT molecular complexity index is 719. The molecule has 6 heteroatoms. The van der Waals surface area contributed by atoms with Crippen molar-refractivity contribution in [2.45, 2.75) is 69.6 Å². The molecule has 2 fully saturated rings. The van der Waals surface area contributed by atoms with Gasteiger partial charge in [-0.3, -0.25) is 0 Å². The maximum atomic E-state index is 13.0. The SMILES string of the molecule is N#C/C(F)=C/[C@H]1CC[C@H](OC[C@H]2CC[C@H](c3ccc(C(F)(F)F)cc3)CC2)CC1. The second-order valence-electron chi connectivity index (χ2n) is 8.33. The summed E-state index contributed by atoms with van der Waals surface area (Å²) in [6.45, 7) is 0.720. The molecule has 1 aromatic rings. The Morgan fingerprint density at radius 3 is 2.17 bits per heavy atom. The first-order chi connectivity index (χ1) is 13.8. The first-order valence-electron chi connectivity index (χ1n) is 10.4. The van der Waals surface area contributed by atoms with Crippen LogP contribution >= 0.6 is 0 Å². The summed E-state index contributed by atoms with van der Waals surface area (Å²) >= 11 is 0. The lowest BCUT2D eigenvalue weighted by atomic mass is 9.79. The molecule has 2 aliphatic rings. The summed E-state index contributed by atoms with van der Waals surface area (Å²) in [7, 11) is 0. The molecule has 0 spiro atoms.